The normalized spacial score (nSPS) is 13.7. The van der Waals surface area contributed by atoms with E-state index >= 15 is 0 Å². The van der Waals surface area contributed by atoms with E-state index in [2.05, 4.69) is 29.2 Å². The van der Waals surface area contributed by atoms with E-state index in [0.29, 0.717) is 11.4 Å². The predicted octanol–water partition coefficient (Wildman–Crippen LogP) is 4.40. The Morgan fingerprint density at radius 1 is 1.23 bits per heavy atom. The molecule has 31 heavy (non-hydrogen) atoms. The highest BCUT2D eigenvalue weighted by atomic mass is 32.2. The molecule has 3 rings (SSSR count). The Morgan fingerprint density at radius 2 is 2.00 bits per heavy atom. The lowest BCUT2D eigenvalue weighted by Gasteiger charge is -2.28. The summed E-state index contributed by atoms with van der Waals surface area (Å²) in [5, 5.41) is 26.4. The van der Waals surface area contributed by atoms with E-state index in [1.807, 2.05) is 24.1 Å². The Hall–Kier alpha value is -3.33. The van der Waals surface area contributed by atoms with E-state index in [9.17, 15) is 13.2 Å². The van der Waals surface area contributed by atoms with Gasteiger partial charge in [0.25, 0.3) is 5.95 Å². The number of aromatic nitrogens is 2. The van der Waals surface area contributed by atoms with E-state index in [-0.39, 0.29) is 29.6 Å². The smallest absolute Gasteiger partial charge is 0.374 e. The van der Waals surface area contributed by atoms with E-state index in [1.165, 1.54) is 11.6 Å². The van der Waals surface area contributed by atoms with Crippen molar-refractivity contribution in [2.24, 2.45) is 17.3 Å². The number of hydrogen-bond acceptors (Lipinski definition) is 10. The molecule has 10 nitrogen and oxygen atoms in total. The van der Waals surface area contributed by atoms with Crippen LogP contribution in [0.2, 0.25) is 0 Å². The highest BCUT2D eigenvalue weighted by Gasteiger charge is 2.31. The Balaban J connectivity index is 1.91. The monoisotopic (exact) mass is 452 g/mol. The van der Waals surface area contributed by atoms with Crippen molar-refractivity contribution in [3.05, 3.63) is 29.1 Å². The number of nitrogens with zero attached hydrogens (tertiary/aromatic N) is 7. The van der Waals surface area contributed by atoms with Gasteiger partial charge in [0.1, 0.15) is 30.1 Å². The minimum absolute atomic E-state index is 0.0261. The second-order valence-corrected chi connectivity index (χ2v) is 6.90. The van der Waals surface area contributed by atoms with Gasteiger partial charge in [-0.2, -0.15) is 15.5 Å². The molecular formula is C17H15F3N8O2S. The van der Waals surface area contributed by atoms with Gasteiger partial charge in [-0.25, -0.2) is 0 Å². The van der Waals surface area contributed by atoms with Crippen LogP contribution < -0.4 is 9.62 Å². The Morgan fingerprint density at radius 3 is 2.65 bits per heavy atom. The molecule has 14 heteroatoms. The van der Waals surface area contributed by atoms with Gasteiger partial charge in [-0.15, -0.1) is 32.6 Å². The molecule has 0 aliphatic carbocycles. The van der Waals surface area contributed by atoms with Crippen LogP contribution in [-0.2, 0) is 22.7 Å². The third kappa shape index (κ3) is 5.24. The first-order chi connectivity index (χ1) is 14.7. The number of imidazole rings is 1. The van der Waals surface area contributed by atoms with Crippen LogP contribution in [0.1, 0.15) is 23.4 Å². The molecule has 0 bridgehead atoms. The molecule has 1 aliphatic rings. The van der Waals surface area contributed by atoms with Crippen LogP contribution in [-0.4, -0.2) is 29.5 Å². The zero-order valence-electron chi connectivity index (χ0n) is 16.3. The number of rotatable bonds is 6. The zero-order chi connectivity index (χ0) is 22.6. The summed E-state index contributed by atoms with van der Waals surface area (Å²) in [4.78, 5) is 9.25. The van der Waals surface area contributed by atoms with Gasteiger partial charge in [0.15, 0.2) is 11.4 Å². The summed E-state index contributed by atoms with van der Waals surface area (Å²) < 4.78 is 44.3. The second-order valence-electron chi connectivity index (χ2n) is 6.40. The van der Waals surface area contributed by atoms with Gasteiger partial charge in [-0.3, -0.25) is 0 Å². The summed E-state index contributed by atoms with van der Waals surface area (Å²) in [6.45, 7) is 0.829. The fourth-order valence-electron chi connectivity index (χ4n) is 2.97. The first-order valence-electron chi connectivity index (χ1n) is 8.74. The van der Waals surface area contributed by atoms with Crippen molar-refractivity contribution < 1.29 is 22.4 Å². The molecule has 0 fully saturated rings. The van der Waals surface area contributed by atoms with Gasteiger partial charge in [0.05, 0.1) is 5.69 Å². The molecule has 1 aromatic carbocycles. The summed E-state index contributed by atoms with van der Waals surface area (Å²) in [6, 6.07) is 7.15. The molecule has 0 spiro atoms. The molecule has 2 heterocycles. The van der Waals surface area contributed by atoms with Gasteiger partial charge >= 0.3 is 6.36 Å². The van der Waals surface area contributed by atoms with Crippen molar-refractivity contribution in [1.82, 2.24) is 9.55 Å². The predicted molar refractivity (Wildman–Crippen MR) is 104 cm³/mol. The lowest BCUT2D eigenvalue weighted by Crippen LogP contribution is -2.24. The van der Waals surface area contributed by atoms with Gasteiger partial charge in [0, 0.05) is 26.3 Å². The summed E-state index contributed by atoms with van der Waals surface area (Å²) in [6.07, 6.45) is -3.22. The van der Waals surface area contributed by atoms with Crippen molar-refractivity contribution in [2.75, 3.05) is 23.2 Å². The average Bonchev–Trinajstić information content (AvgIpc) is 3.04. The number of nitrogens with one attached hydrogen (secondary N) is 1. The average molecular weight is 452 g/mol. The molecule has 2 aromatic rings. The van der Waals surface area contributed by atoms with Gasteiger partial charge < -0.3 is 14.2 Å². The standard InChI is InChI=1S/C17H15F3N8O2S/c1-27-5-3-4-10-6-11(12(7-14(10)27)26-31-30-29-17(18,19)20)24-25-16-23-13(8-21)15(9-22)28(16)2/h6-7,26H,3-5H2,1-2H3. The maximum Gasteiger partial charge on any atom is 0.550 e. The van der Waals surface area contributed by atoms with Crippen LogP contribution in [0.5, 0.6) is 0 Å². The largest absolute Gasteiger partial charge is 0.550 e. The maximum absolute atomic E-state index is 12.1. The molecule has 0 amide bonds. The van der Waals surface area contributed by atoms with Crippen molar-refractivity contribution in [2.45, 2.75) is 19.2 Å². The Bertz CT molecular complexity index is 1090. The van der Waals surface area contributed by atoms with Crippen molar-refractivity contribution >= 4 is 35.2 Å². The van der Waals surface area contributed by atoms with E-state index in [0.717, 1.165) is 30.6 Å². The minimum atomic E-state index is -4.94. The third-order valence-corrected chi connectivity index (χ3v) is 4.83. The number of azo groups is 1. The molecule has 1 aliphatic heterocycles. The number of hydrogen-bond donors (Lipinski definition) is 1. The zero-order valence-corrected chi connectivity index (χ0v) is 17.1. The topological polar surface area (TPSA) is 124 Å². The van der Waals surface area contributed by atoms with E-state index in [1.54, 1.807) is 12.1 Å². The van der Waals surface area contributed by atoms with E-state index < -0.39 is 6.36 Å². The van der Waals surface area contributed by atoms with Crippen LogP contribution in [0, 0.1) is 22.7 Å². The maximum atomic E-state index is 12.1. The molecule has 1 N–H and O–H groups in total. The second kappa shape index (κ2) is 9.22. The van der Waals surface area contributed by atoms with Crippen LogP contribution in [0.3, 0.4) is 0 Å². The van der Waals surface area contributed by atoms with Crippen molar-refractivity contribution in [1.29, 1.82) is 10.5 Å². The first kappa shape index (κ1) is 22.4. The van der Waals surface area contributed by atoms with Gasteiger partial charge in [-0.1, -0.05) is 0 Å². The van der Waals surface area contributed by atoms with E-state index in [4.69, 9.17) is 10.5 Å². The highest BCUT2D eigenvalue weighted by molar-refractivity contribution is 7.95. The summed E-state index contributed by atoms with van der Waals surface area (Å²) in [7, 11) is 3.42. The Labute approximate surface area is 179 Å². The fourth-order valence-corrected chi connectivity index (χ4v) is 3.36. The number of aryl methyl sites for hydroxylation is 1. The number of benzene rings is 1. The molecule has 1 aromatic heterocycles. The number of nitriles is 2. The fraction of sp³-hybridized carbons (Fsp3) is 0.353. The van der Waals surface area contributed by atoms with Crippen LogP contribution in [0.15, 0.2) is 22.4 Å². The first-order valence-corrected chi connectivity index (χ1v) is 9.48. The lowest BCUT2D eigenvalue weighted by atomic mass is 10.0. The van der Waals surface area contributed by atoms with Crippen molar-refractivity contribution in [3.63, 3.8) is 0 Å². The number of anilines is 2. The molecule has 0 radical (unpaired) electrons. The molecule has 162 valence electrons. The van der Waals surface area contributed by atoms with Crippen LogP contribution in [0.4, 0.5) is 36.2 Å². The number of fused-ring (bicyclic) bond motifs is 1. The SMILES string of the molecule is CN1CCCc2cc(N=Nc3nc(C#N)c(C#N)n3C)c(NSOOC(F)(F)F)cc21. The van der Waals surface area contributed by atoms with Gasteiger partial charge in [-0.05, 0) is 30.5 Å². The molecule has 0 saturated heterocycles. The third-order valence-electron chi connectivity index (χ3n) is 4.39. The molecule has 0 saturated carbocycles. The minimum Gasteiger partial charge on any atom is -0.374 e. The highest BCUT2D eigenvalue weighted by Crippen LogP contribution is 2.38. The molecule has 0 unspecified atom stereocenters. The van der Waals surface area contributed by atoms with Crippen LogP contribution >= 0.6 is 12.2 Å². The molecule has 0 atom stereocenters. The summed E-state index contributed by atoms with van der Waals surface area (Å²) in [5.41, 5.74) is 2.45. The van der Waals surface area contributed by atoms with Crippen LogP contribution in [0.25, 0.3) is 0 Å². The number of halogens is 3. The molecular weight excluding hydrogens is 437 g/mol. The Kier molecular flexibility index (Phi) is 6.65. The van der Waals surface area contributed by atoms with Crippen molar-refractivity contribution in [3.8, 4) is 12.1 Å². The summed E-state index contributed by atoms with van der Waals surface area (Å²) in [5.74, 6) is 0.0261. The lowest BCUT2D eigenvalue weighted by molar-refractivity contribution is -0.440. The number of alkyl halides is 3. The quantitative estimate of drug-likeness (QED) is 0.171. The summed E-state index contributed by atoms with van der Waals surface area (Å²) >= 11 is 0.219. The van der Waals surface area contributed by atoms with Gasteiger partial charge in [0.2, 0.25) is 0 Å².